The number of rotatable bonds is 2. The summed E-state index contributed by atoms with van der Waals surface area (Å²) in [6, 6.07) is 1.83. The van der Waals surface area contributed by atoms with Gasteiger partial charge in [-0.15, -0.1) is 0 Å². The predicted octanol–water partition coefficient (Wildman–Crippen LogP) is 0.256. The van der Waals surface area contributed by atoms with Gasteiger partial charge in [0.2, 0.25) is 0 Å². The Morgan fingerprint density at radius 2 is 2.22 bits per heavy atom. The highest BCUT2D eigenvalue weighted by molar-refractivity contribution is 7.71. The Kier molecular flexibility index (Phi) is 3.11. The number of aryl methyl sites for hydroxylation is 1. The van der Waals surface area contributed by atoms with Crippen LogP contribution in [0.25, 0.3) is 5.65 Å². The Bertz CT molecular complexity index is 751. The van der Waals surface area contributed by atoms with E-state index in [2.05, 4.69) is 10.1 Å². The lowest BCUT2D eigenvalue weighted by Crippen LogP contribution is -2.08. The van der Waals surface area contributed by atoms with E-state index in [1.54, 1.807) is 6.92 Å². The largest absolute Gasteiger partial charge is 0.382 e. The van der Waals surface area contributed by atoms with Crippen molar-refractivity contribution in [1.29, 1.82) is 5.26 Å². The van der Waals surface area contributed by atoms with Crippen molar-refractivity contribution in [3.8, 4) is 6.07 Å². The molecule has 0 aliphatic carbocycles. The minimum atomic E-state index is -2.71. The molecule has 2 N–H and O–H groups in total. The van der Waals surface area contributed by atoms with Gasteiger partial charge in [0.05, 0.1) is 17.1 Å². The molecule has 0 spiro atoms. The number of thiol groups is 1. The van der Waals surface area contributed by atoms with E-state index in [0.717, 1.165) is 0 Å². The molecule has 0 saturated heterocycles. The first-order chi connectivity index (χ1) is 8.45. The second-order valence-electron chi connectivity index (χ2n) is 3.56. The normalized spacial score (nSPS) is 11.0. The summed E-state index contributed by atoms with van der Waals surface area (Å²) in [5.41, 5.74) is 6.61. The number of aromatic nitrogens is 3. The summed E-state index contributed by atoms with van der Waals surface area (Å²) in [7, 11) is -2.71. The van der Waals surface area contributed by atoms with Gasteiger partial charge in [0.25, 0.3) is 0 Å². The number of nitrogens with zero attached hydrogens (tertiary/aromatic N) is 4. The standard InChI is InChI=1S/C9H8ClN5O2S/c1-4-7(10)9-13-6(3-18(16)17)5(2-11)8(12)15(9)14-4/h18H,3,12H2,1H3. The minimum absolute atomic E-state index is 0.000802. The van der Waals surface area contributed by atoms with Gasteiger partial charge in [-0.05, 0) is 6.92 Å². The Hall–Kier alpha value is -1.85. The molecule has 0 aromatic carbocycles. The summed E-state index contributed by atoms with van der Waals surface area (Å²) in [4.78, 5) is 4.05. The van der Waals surface area contributed by atoms with Gasteiger partial charge in [0.1, 0.15) is 33.2 Å². The SMILES string of the molecule is Cc1nn2c(N)c(C#N)c(C[SH](=O)=O)nc2c1Cl. The lowest BCUT2D eigenvalue weighted by molar-refractivity contribution is 0.613. The van der Waals surface area contributed by atoms with Crippen LogP contribution in [0.2, 0.25) is 5.02 Å². The van der Waals surface area contributed by atoms with Crippen LogP contribution >= 0.6 is 11.6 Å². The minimum Gasteiger partial charge on any atom is -0.382 e. The van der Waals surface area contributed by atoms with Crippen LogP contribution in [0.4, 0.5) is 5.82 Å². The Morgan fingerprint density at radius 3 is 2.78 bits per heavy atom. The highest BCUT2D eigenvalue weighted by atomic mass is 35.5. The number of anilines is 1. The summed E-state index contributed by atoms with van der Waals surface area (Å²) in [5, 5.41) is 13.3. The number of fused-ring (bicyclic) bond motifs is 1. The number of hydrogen-bond acceptors (Lipinski definition) is 6. The van der Waals surface area contributed by atoms with Crippen LogP contribution in [-0.4, -0.2) is 23.0 Å². The molecule has 0 bridgehead atoms. The zero-order chi connectivity index (χ0) is 13.4. The summed E-state index contributed by atoms with van der Waals surface area (Å²) >= 11 is 5.98. The molecule has 2 aromatic rings. The van der Waals surface area contributed by atoms with Crippen molar-refractivity contribution in [2.75, 3.05) is 5.73 Å². The highest BCUT2D eigenvalue weighted by Crippen LogP contribution is 2.25. The first-order valence-corrected chi connectivity index (χ1v) is 6.54. The van der Waals surface area contributed by atoms with Gasteiger partial charge in [-0.3, -0.25) is 0 Å². The lowest BCUT2D eigenvalue weighted by atomic mass is 10.2. The van der Waals surface area contributed by atoms with Gasteiger partial charge in [-0.2, -0.15) is 14.9 Å². The maximum absolute atomic E-state index is 10.8. The Morgan fingerprint density at radius 1 is 1.56 bits per heavy atom. The van der Waals surface area contributed by atoms with Crippen LogP contribution in [0.3, 0.4) is 0 Å². The fraction of sp³-hybridized carbons (Fsp3) is 0.222. The summed E-state index contributed by atoms with van der Waals surface area (Å²) in [6.07, 6.45) is 0. The third-order valence-electron chi connectivity index (χ3n) is 2.37. The van der Waals surface area contributed by atoms with E-state index in [1.165, 1.54) is 4.52 Å². The van der Waals surface area contributed by atoms with Crippen LogP contribution in [0, 0.1) is 18.3 Å². The van der Waals surface area contributed by atoms with Crippen LogP contribution in [0.1, 0.15) is 17.0 Å². The van der Waals surface area contributed by atoms with E-state index in [0.29, 0.717) is 5.69 Å². The molecule has 94 valence electrons. The van der Waals surface area contributed by atoms with Gasteiger partial charge in [0.15, 0.2) is 5.65 Å². The quantitative estimate of drug-likeness (QED) is 0.765. The number of nitrogen functional groups attached to an aromatic ring is 1. The molecule has 7 nitrogen and oxygen atoms in total. The molecule has 0 unspecified atom stereocenters. The van der Waals surface area contributed by atoms with Crippen LogP contribution in [0.5, 0.6) is 0 Å². The molecule has 2 rings (SSSR count). The van der Waals surface area contributed by atoms with E-state index in [1.807, 2.05) is 6.07 Å². The van der Waals surface area contributed by atoms with E-state index >= 15 is 0 Å². The van der Waals surface area contributed by atoms with Crippen LogP contribution in [0.15, 0.2) is 0 Å². The van der Waals surface area contributed by atoms with E-state index in [9.17, 15) is 8.42 Å². The molecule has 0 radical (unpaired) electrons. The van der Waals surface area contributed by atoms with Crippen molar-refractivity contribution in [3.63, 3.8) is 0 Å². The van der Waals surface area contributed by atoms with Crippen molar-refractivity contribution in [2.45, 2.75) is 12.7 Å². The average molecular weight is 286 g/mol. The Balaban J connectivity index is 2.87. The fourth-order valence-electron chi connectivity index (χ4n) is 1.56. The molecule has 0 aliphatic heterocycles. The van der Waals surface area contributed by atoms with Crippen molar-refractivity contribution >= 4 is 33.8 Å². The zero-order valence-electron chi connectivity index (χ0n) is 9.21. The maximum Gasteiger partial charge on any atom is 0.176 e. The van der Waals surface area contributed by atoms with Gasteiger partial charge in [-0.1, -0.05) is 11.6 Å². The van der Waals surface area contributed by atoms with Crippen molar-refractivity contribution < 1.29 is 8.42 Å². The molecular formula is C9H8ClN5O2S. The molecule has 0 saturated carbocycles. The van der Waals surface area contributed by atoms with Crippen LogP contribution < -0.4 is 5.73 Å². The molecule has 2 heterocycles. The summed E-state index contributed by atoms with van der Waals surface area (Å²) in [5.74, 6) is -0.330. The number of nitriles is 1. The second kappa shape index (κ2) is 4.44. The molecule has 2 aromatic heterocycles. The fourth-order valence-corrected chi connectivity index (χ4v) is 2.19. The summed E-state index contributed by atoms with van der Waals surface area (Å²) in [6.45, 7) is 1.66. The first kappa shape index (κ1) is 12.6. The summed E-state index contributed by atoms with van der Waals surface area (Å²) < 4.78 is 22.8. The maximum atomic E-state index is 10.8. The van der Waals surface area contributed by atoms with Gasteiger partial charge < -0.3 is 5.73 Å². The smallest absolute Gasteiger partial charge is 0.176 e. The van der Waals surface area contributed by atoms with Crippen molar-refractivity contribution in [2.24, 2.45) is 0 Å². The average Bonchev–Trinajstić information content (AvgIpc) is 2.57. The number of halogens is 1. The van der Waals surface area contributed by atoms with Gasteiger partial charge in [-0.25, -0.2) is 13.4 Å². The van der Waals surface area contributed by atoms with Crippen LogP contribution in [-0.2, 0) is 16.5 Å². The van der Waals surface area contributed by atoms with E-state index in [4.69, 9.17) is 22.6 Å². The van der Waals surface area contributed by atoms with Crippen molar-refractivity contribution in [3.05, 3.63) is 22.0 Å². The zero-order valence-corrected chi connectivity index (χ0v) is 10.9. The molecule has 0 atom stereocenters. The second-order valence-corrected chi connectivity index (χ2v) is 4.92. The van der Waals surface area contributed by atoms with E-state index in [-0.39, 0.29) is 33.5 Å². The predicted molar refractivity (Wildman–Crippen MR) is 65.9 cm³/mol. The molecule has 0 aliphatic rings. The number of nitrogens with two attached hydrogens (primary N) is 1. The monoisotopic (exact) mass is 285 g/mol. The molecule has 18 heavy (non-hydrogen) atoms. The highest BCUT2D eigenvalue weighted by Gasteiger charge is 2.18. The first-order valence-electron chi connectivity index (χ1n) is 4.80. The van der Waals surface area contributed by atoms with Gasteiger partial charge in [0, 0.05) is 0 Å². The molecule has 9 heteroatoms. The molecule has 0 fully saturated rings. The lowest BCUT2D eigenvalue weighted by Gasteiger charge is -2.05. The molecule has 0 amide bonds. The van der Waals surface area contributed by atoms with Gasteiger partial charge >= 0.3 is 0 Å². The topological polar surface area (TPSA) is 114 Å². The molecular weight excluding hydrogens is 278 g/mol. The Labute approximate surface area is 109 Å². The van der Waals surface area contributed by atoms with E-state index < -0.39 is 10.7 Å². The third kappa shape index (κ3) is 1.87. The third-order valence-corrected chi connectivity index (χ3v) is 3.37. The number of hydrogen-bond donors (Lipinski definition) is 2. The van der Waals surface area contributed by atoms with Crippen molar-refractivity contribution in [1.82, 2.24) is 14.6 Å².